The number of ether oxygens (including phenoxy) is 1. The van der Waals surface area contributed by atoms with Gasteiger partial charge < -0.3 is 10.1 Å². The van der Waals surface area contributed by atoms with Gasteiger partial charge in [-0.25, -0.2) is 4.79 Å². The summed E-state index contributed by atoms with van der Waals surface area (Å²) in [6.07, 6.45) is 1.98. The molecule has 74 valence electrons. The smallest absolute Gasteiger partial charge is 0.410 e. The maximum Gasteiger partial charge on any atom is 0.410 e. The van der Waals surface area contributed by atoms with Crippen LogP contribution in [0, 0.1) is 0 Å². The number of amides is 1. The van der Waals surface area contributed by atoms with Crippen molar-refractivity contribution in [3.8, 4) is 0 Å². The van der Waals surface area contributed by atoms with Crippen molar-refractivity contribution in [3.63, 3.8) is 0 Å². The second kappa shape index (κ2) is 3.54. The Morgan fingerprint density at radius 3 is 2.69 bits per heavy atom. The van der Waals surface area contributed by atoms with Crippen LogP contribution in [0.15, 0.2) is 0 Å². The van der Waals surface area contributed by atoms with Gasteiger partial charge in [-0.15, -0.1) is 0 Å². The van der Waals surface area contributed by atoms with E-state index in [1.165, 1.54) is 0 Å². The molecule has 4 nitrogen and oxygen atoms in total. The predicted octanol–water partition coefficient (Wildman–Crippen LogP) is 0.579. The highest BCUT2D eigenvalue weighted by atomic mass is 16.6. The van der Waals surface area contributed by atoms with Gasteiger partial charge in [0.15, 0.2) is 0 Å². The number of nitrogens with zero attached hydrogens (tertiary/aromatic N) is 1. The van der Waals surface area contributed by atoms with Crippen LogP contribution >= 0.6 is 0 Å². The number of carbonyl (C=O) groups is 1. The van der Waals surface area contributed by atoms with Crippen molar-refractivity contribution in [2.75, 3.05) is 19.7 Å². The zero-order chi connectivity index (χ0) is 9.26. The van der Waals surface area contributed by atoms with Crippen LogP contribution in [-0.2, 0) is 4.74 Å². The molecular formula is C9H16N2O2. The van der Waals surface area contributed by atoms with Gasteiger partial charge in [0.25, 0.3) is 0 Å². The third kappa shape index (κ3) is 1.63. The number of hydrogen-bond acceptors (Lipinski definition) is 3. The van der Waals surface area contributed by atoms with E-state index >= 15 is 0 Å². The van der Waals surface area contributed by atoms with Crippen molar-refractivity contribution in [2.24, 2.45) is 0 Å². The van der Waals surface area contributed by atoms with E-state index in [0.29, 0.717) is 12.6 Å². The Morgan fingerprint density at radius 2 is 2.15 bits per heavy atom. The molecule has 2 fully saturated rings. The van der Waals surface area contributed by atoms with Crippen LogP contribution in [0.25, 0.3) is 0 Å². The lowest BCUT2D eigenvalue weighted by Gasteiger charge is -2.32. The predicted molar refractivity (Wildman–Crippen MR) is 48.5 cm³/mol. The maximum atomic E-state index is 11.4. The second-order valence-corrected chi connectivity index (χ2v) is 3.81. The van der Waals surface area contributed by atoms with E-state index in [1.807, 2.05) is 11.8 Å². The van der Waals surface area contributed by atoms with Gasteiger partial charge >= 0.3 is 6.09 Å². The van der Waals surface area contributed by atoms with Gasteiger partial charge in [0.2, 0.25) is 0 Å². The summed E-state index contributed by atoms with van der Waals surface area (Å²) in [5.74, 6) is 0. The Balaban J connectivity index is 2.00. The summed E-state index contributed by atoms with van der Waals surface area (Å²) in [4.78, 5) is 13.3. The van der Waals surface area contributed by atoms with E-state index in [4.69, 9.17) is 4.74 Å². The topological polar surface area (TPSA) is 41.6 Å². The van der Waals surface area contributed by atoms with E-state index in [0.717, 1.165) is 25.9 Å². The SMILES string of the molecule is C[C@@H]1COC(=O)N1C1CCNCC1. The van der Waals surface area contributed by atoms with Gasteiger partial charge in [0.05, 0.1) is 6.04 Å². The van der Waals surface area contributed by atoms with Gasteiger partial charge in [0.1, 0.15) is 6.61 Å². The lowest BCUT2D eigenvalue weighted by molar-refractivity contribution is 0.135. The minimum Gasteiger partial charge on any atom is -0.447 e. The highest BCUT2D eigenvalue weighted by molar-refractivity contribution is 5.70. The average Bonchev–Trinajstić information content (AvgIpc) is 2.48. The molecule has 0 aromatic heterocycles. The highest BCUT2D eigenvalue weighted by Crippen LogP contribution is 2.20. The number of cyclic esters (lactones) is 1. The van der Waals surface area contributed by atoms with E-state index in [9.17, 15) is 4.79 Å². The Labute approximate surface area is 78.2 Å². The Hall–Kier alpha value is -0.770. The lowest BCUT2D eigenvalue weighted by atomic mass is 10.0. The van der Waals surface area contributed by atoms with Crippen LogP contribution in [0.3, 0.4) is 0 Å². The number of carbonyl (C=O) groups excluding carboxylic acids is 1. The van der Waals surface area contributed by atoms with Gasteiger partial charge in [-0.2, -0.15) is 0 Å². The monoisotopic (exact) mass is 184 g/mol. The molecule has 2 saturated heterocycles. The van der Waals surface area contributed by atoms with Crippen molar-refractivity contribution in [1.82, 2.24) is 10.2 Å². The zero-order valence-corrected chi connectivity index (χ0v) is 7.95. The first-order valence-electron chi connectivity index (χ1n) is 4.95. The van der Waals surface area contributed by atoms with Crippen molar-refractivity contribution < 1.29 is 9.53 Å². The first kappa shape index (κ1) is 8.81. The van der Waals surface area contributed by atoms with Gasteiger partial charge in [0, 0.05) is 6.04 Å². The van der Waals surface area contributed by atoms with Crippen molar-refractivity contribution in [2.45, 2.75) is 31.8 Å². The van der Waals surface area contributed by atoms with Crippen LogP contribution < -0.4 is 5.32 Å². The summed E-state index contributed by atoms with van der Waals surface area (Å²) < 4.78 is 5.00. The first-order valence-corrected chi connectivity index (χ1v) is 4.95. The summed E-state index contributed by atoms with van der Waals surface area (Å²) in [6, 6.07) is 0.654. The molecule has 0 aromatic rings. The summed E-state index contributed by atoms with van der Waals surface area (Å²) in [5.41, 5.74) is 0. The zero-order valence-electron chi connectivity index (χ0n) is 7.95. The molecule has 13 heavy (non-hydrogen) atoms. The molecule has 0 aromatic carbocycles. The average molecular weight is 184 g/mol. The van der Waals surface area contributed by atoms with E-state index in [1.54, 1.807) is 0 Å². The summed E-state index contributed by atoms with van der Waals surface area (Å²) in [7, 11) is 0. The molecule has 2 aliphatic rings. The number of rotatable bonds is 1. The molecule has 1 amide bonds. The molecule has 0 unspecified atom stereocenters. The molecule has 2 aliphatic heterocycles. The number of hydrogen-bond donors (Lipinski definition) is 1. The molecule has 1 N–H and O–H groups in total. The van der Waals surface area contributed by atoms with Crippen molar-refractivity contribution in [3.05, 3.63) is 0 Å². The van der Waals surface area contributed by atoms with E-state index in [-0.39, 0.29) is 12.1 Å². The third-order valence-electron chi connectivity index (χ3n) is 2.84. The Kier molecular flexibility index (Phi) is 2.40. The maximum absolute atomic E-state index is 11.4. The molecular weight excluding hydrogens is 168 g/mol. The van der Waals surface area contributed by atoms with Crippen LogP contribution in [0.1, 0.15) is 19.8 Å². The third-order valence-corrected chi connectivity index (χ3v) is 2.84. The largest absolute Gasteiger partial charge is 0.447 e. The normalized spacial score (nSPS) is 30.7. The molecule has 2 heterocycles. The molecule has 0 radical (unpaired) electrons. The van der Waals surface area contributed by atoms with Gasteiger partial charge in [-0.1, -0.05) is 0 Å². The molecule has 4 heteroatoms. The summed E-state index contributed by atoms with van der Waals surface area (Å²) in [6.45, 7) is 4.64. The van der Waals surface area contributed by atoms with Crippen LogP contribution in [-0.4, -0.2) is 42.8 Å². The number of nitrogens with one attached hydrogen (secondary N) is 1. The van der Waals surface area contributed by atoms with E-state index < -0.39 is 0 Å². The van der Waals surface area contributed by atoms with Crippen LogP contribution in [0.5, 0.6) is 0 Å². The highest BCUT2D eigenvalue weighted by Gasteiger charge is 2.35. The molecule has 0 bridgehead atoms. The lowest BCUT2D eigenvalue weighted by Crippen LogP contribution is -2.46. The minimum absolute atomic E-state index is 0.126. The molecule has 0 aliphatic carbocycles. The fourth-order valence-electron chi connectivity index (χ4n) is 2.12. The molecule has 2 rings (SSSR count). The summed E-state index contributed by atoms with van der Waals surface area (Å²) in [5, 5.41) is 3.29. The van der Waals surface area contributed by atoms with Crippen molar-refractivity contribution in [1.29, 1.82) is 0 Å². The fraction of sp³-hybridized carbons (Fsp3) is 0.889. The number of piperidine rings is 1. The van der Waals surface area contributed by atoms with Gasteiger partial charge in [-0.05, 0) is 32.9 Å². The second-order valence-electron chi connectivity index (χ2n) is 3.81. The Morgan fingerprint density at radius 1 is 1.46 bits per heavy atom. The first-order chi connectivity index (χ1) is 6.29. The van der Waals surface area contributed by atoms with Crippen LogP contribution in [0.2, 0.25) is 0 Å². The quantitative estimate of drug-likeness (QED) is 0.648. The summed E-state index contributed by atoms with van der Waals surface area (Å²) >= 11 is 0. The van der Waals surface area contributed by atoms with Crippen LogP contribution in [0.4, 0.5) is 4.79 Å². The standard InChI is InChI=1S/C9H16N2O2/c1-7-6-13-9(12)11(7)8-2-4-10-5-3-8/h7-8,10H,2-6H2,1H3/t7-/m1/s1. The molecule has 0 saturated carbocycles. The van der Waals surface area contributed by atoms with Gasteiger partial charge in [-0.3, -0.25) is 4.90 Å². The minimum atomic E-state index is -0.126. The molecule has 1 atom stereocenters. The van der Waals surface area contributed by atoms with E-state index in [2.05, 4.69) is 5.32 Å². The molecule has 0 spiro atoms. The fourth-order valence-corrected chi connectivity index (χ4v) is 2.12. The Bertz CT molecular complexity index is 202. The van der Waals surface area contributed by atoms with Crippen molar-refractivity contribution >= 4 is 6.09 Å².